The van der Waals surface area contributed by atoms with Crippen molar-refractivity contribution in [3.05, 3.63) is 41.0 Å². The topological polar surface area (TPSA) is 86.5 Å². The molecule has 2 aromatic rings. The molecular formula is C22H32BN3O4. The molecule has 0 radical (unpaired) electrons. The van der Waals surface area contributed by atoms with Crippen LogP contribution in [0.4, 0.5) is 0 Å². The number of carbonyl (C=O) groups is 1. The van der Waals surface area contributed by atoms with E-state index in [1.807, 2.05) is 80.5 Å². The molecule has 1 atom stereocenters. The summed E-state index contributed by atoms with van der Waals surface area (Å²) in [7, 11) is -0.415. The van der Waals surface area contributed by atoms with Crippen LogP contribution in [-0.4, -0.2) is 34.4 Å². The molecule has 0 spiro atoms. The molecule has 1 N–H and O–H groups in total. The van der Waals surface area contributed by atoms with E-state index in [1.54, 1.807) is 0 Å². The van der Waals surface area contributed by atoms with Crippen molar-refractivity contribution in [2.75, 3.05) is 0 Å². The fraction of sp³-hybridized carbons (Fsp3) is 0.591. The van der Waals surface area contributed by atoms with Crippen LogP contribution in [0.3, 0.4) is 0 Å². The Balaban J connectivity index is 1.72. The van der Waals surface area contributed by atoms with Gasteiger partial charge in [-0.3, -0.25) is 4.79 Å². The van der Waals surface area contributed by atoms with Crippen molar-refractivity contribution in [3.8, 4) is 0 Å². The summed E-state index contributed by atoms with van der Waals surface area (Å²) in [6, 6.07) is 5.80. The molecule has 1 amide bonds. The van der Waals surface area contributed by atoms with Gasteiger partial charge in [0.2, 0.25) is 0 Å². The van der Waals surface area contributed by atoms with E-state index in [9.17, 15) is 4.79 Å². The Bertz CT molecular complexity index is 930. The van der Waals surface area contributed by atoms with Crippen LogP contribution in [-0.2, 0) is 14.7 Å². The van der Waals surface area contributed by atoms with Gasteiger partial charge in [0.05, 0.1) is 17.2 Å². The van der Waals surface area contributed by atoms with Crippen molar-refractivity contribution < 1.29 is 18.6 Å². The van der Waals surface area contributed by atoms with Crippen molar-refractivity contribution >= 4 is 18.5 Å². The molecule has 1 aliphatic heterocycles. The summed E-state index contributed by atoms with van der Waals surface area (Å²) in [6.45, 7) is 18.0. The number of hydrogen-bond donors (Lipinski definition) is 1. The molecule has 0 bridgehead atoms. The predicted molar refractivity (Wildman–Crippen MR) is 116 cm³/mol. The summed E-state index contributed by atoms with van der Waals surface area (Å²) in [4.78, 5) is 16.8. The SMILES string of the molecule is Cc1cc(B2OC(C)(C)C(C)(C)O2)ccc1C(C)NC(=O)c1nc(C(C)(C)C)no1. The first-order valence-corrected chi connectivity index (χ1v) is 10.3. The van der Waals surface area contributed by atoms with Crippen LogP contribution in [0, 0.1) is 6.92 Å². The van der Waals surface area contributed by atoms with Gasteiger partial charge in [-0.15, -0.1) is 0 Å². The zero-order valence-corrected chi connectivity index (χ0v) is 19.4. The second-order valence-electron chi connectivity index (χ2n) is 10.1. The third kappa shape index (κ3) is 4.30. The maximum atomic E-state index is 12.6. The van der Waals surface area contributed by atoms with Crippen LogP contribution in [0.2, 0.25) is 0 Å². The van der Waals surface area contributed by atoms with E-state index < -0.39 is 7.12 Å². The Morgan fingerprint density at radius 1 is 1.13 bits per heavy atom. The number of carbonyl (C=O) groups excluding carboxylic acids is 1. The highest BCUT2D eigenvalue weighted by atomic mass is 16.7. The molecule has 3 rings (SSSR count). The number of benzene rings is 1. The Morgan fingerprint density at radius 2 is 1.73 bits per heavy atom. The monoisotopic (exact) mass is 413 g/mol. The van der Waals surface area contributed by atoms with E-state index in [0.29, 0.717) is 5.82 Å². The zero-order chi connectivity index (χ0) is 22.5. The van der Waals surface area contributed by atoms with Crippen LogP contribution in [0.1, 0.15) is 89.1 Å². The lowest BCUT2D eigenvalue weighted by molar-refractivity contribution is 0.00578. The lowest BCUT2D eigenvalue weighted by Gasteiger charge is -2.32. The number of rotatable bonds is 4. The summed E-state index contributed by atoms with van der Waals surface area (Å²) >= 11 is 0. The zero-order valence-electron chi connectivity index (χ0n) is 19.4. The van der Waals surface area contributed by atoms with Crippen LogP contribution in [0.25, 0.3) is 0 Å². The molecule has 7 nitrogen and oxygen atoms in total. The molecule has 162 valence electrons. The first-order valence-electron chi connectivity index (χ1n) is 10.3. The van der Waals surface area contributed by atoms with E-state index >= 15 is 0 Å². The van der Waals surface area contributed by atoms with Gasteiger partial charge in [0.1, 0.15) is 0 Å². The molecule has 1 unspecified atom stereocenters. The van der Waals surface area contributed by atoms with Crippen LogP contribution >= 0.6 is 0 Å². The number of aryl methyl sites for hydroxylation is 1. The van der Waals surface area contributed by atoms with Crippen molar-refractivity contribution in [1.82, 2.24) is 15.5 Å². The summed E-state index contributed by atoms with van der Waals surface area (Å²) in [5.41, 5.74) is 1.94. The molecule has 1 saturated heterocycles. The average molecular weight is 413 g/mol. The number of aromatic nitrogens is 2. The molecule has 1 aliphatic rings. The Labute approximate surface area is 179 Å². The third-order valence-corrected chi connectivity index (χ3v) is 5.92. The standard InChI is InChI=1S/C22H32BN3O4/c1-13-12-15(23-29-21(6,7)22(8,9)30-23)10-11-16(13)14(2)24-17(27)18-25-19(26-28-18)20(3,4)5/h10-12,14H,1-9H3,(H,24,27). The van der Waals surface area contributed by atoms with Crippen molar-refractivity contribution in [1.29, 1.82) is 0 Å². The number of amides is 1. The van der Waals surface area contributed by atoms with Gasteiger partial charge in [0.15, 0.2) is 5.82 Å². The van der Waals surface area contributed by atoms with Crippen molar-refractivity contribution in [2.45, 2.75) is 85.0 Å². The lowest BCUT2D eigenvalue weighted by Crippen LogP contribution is -2.41. The van der Waals surface area contributed by atoms with Gasteiger partial charge in [-0.25, -0.2) is 0 Å². The molecule has 0 saturated carbocycles. The van der Waals surface area contributed by atoms with Gasteiger partial charge >= 0.3 is 18.9 Å². The van der Waals surface area contributed by atoms with Gasteiger partial charge in [-0.2, -0.15) is 4.98 Å². The van der Waals surface area contributed by atoms with Gasteiger partial charge in [-0.05, 0) is 58.1 Å². The smallest absolute Gasteiger partial charge is 0.399 e. The Kier molecular flexibility index (Phi) is 5.62. The molecule has 2 heterocycles. The van der Waals surface area contributed by atoms with E-state index in [1.165, 1.54) is 0 Å². The van der Waals surface area contributed by atoms with E-state index in [2.05, 4.69) is 15.5 Å². The average Bonchev–Trinajstić information content (AvgIpc) is 3.18. The van der Waals surface area contributed by atoms with Crippen molar-refractivity contribution in [3.63, 3.8) is 0 Å². The second-order valence-corrected chi connectivity index (χ2v) is 10.1. The molecular weight excluding hydrogens is 381 g/mol. The van der Waals surface area contributed by atoms with Crippen molar-refractivity contribution in [2.24, 2.45) is 0 Å². The van der Waals surface area contributed by atoms with E-state index in [0.717, 1.165) is 16.6 Å². The Morgan fingerprint density at radius 3 is 2.23 bits per heavy atom. The molecule has 8 heteroatoms. The van der Waals surface area contributed by atoms with Gasteiger partial charge in [0, 0.05) is 5.41 Å². The Hall–Kier alpha value is -2.19. The van der Waals surface area contributed by atoms with Crippen LogP contribution in [0.5, 0.6) is 0 Å². The van der Waals surface area contributed by atoms with Gasteiger partial charge < -0.3 is 19.1 Å². The largest absolute Gasteiger partial charge is 0.494 e. The lowest BCUT2D eigenvalue weighted by atomic mass is 9.77. The molecule has 1 fully saturated rings. The second kappa shape index (κ2) is 7.50. The molecule has 0 aliphatic carbocycles. The van der Waals surface area contributed by atoms with E-state index in [4.69, 9.17) is 13.8 Å². The van der Waals surface area contributed by atoms with E-state index in [-0.39, 0.29) is 34.5 Å². The van der Waals surface area contributed by atoms with Crippen LogP contribution in [0.15, 0.2) is 22.7 Å². The predicted octanol–water partition coefficient (Wildman–Crippen LogP) is 3.47. The maximum absolute atomic E-state index is 12.6. The first-order chi connectivity index (χ1) is 13.7. The summed E-state index contributed by atoms with van der Waals surface area (Å²) in [6.07, 6.45) is 0. The minimum absolute atomic E-state index is 0.0294. The quantitative estimate of drug-likeness (QED) is 0.773. The summed E-state index contributed by atoms with van der Waals surface area (Å²) in [5, 5.41) is 6.85. The minimum Gasteiger partial charge on any atom is -0.399 e. The highest BCUT2D eigenvalue weighted by Crippen LogP contribution is 2.36. The molecule has 1 aromatic heterocycles. The van der Waals surface area contributed by atoms with Gasteiger partial charge in [-0.1, -0.05) is 44.1 Å². The highest BCUT2D eigenvalue weighted by molar-refractivity contribution is 6.62. The summed E-state index contributed by atoms with van der Waals surface area (Å²) in [5.74, 6) is 0.0847. The molecule has 1 aromatic carbocycles. The molecule has 30 heavy (non-hydrogen) atoms. The normalized spacial score (nSPS) is 19.0. The first kappa shape index (κ1) is 22.5. The highest BCUT2D eigenvalue weighted by Gasteiger charge is 2.51. The number of nitrogens with one attached hydrogen (secondary N) is 1. The van der Waals surface area contributed by atoms with Gasteiger partial charge in [0.25, 0.3) is 0 Å². The van der Waals surface area contributed by atoms with Crippen LogP contribution < -0.4 is 10.8 Å². The fourth-order valence-corrected chi connectivity index (χ4v) is 3.27. The third-order valence-electron chi connectivity index (χ3n) is 5.92. The number of nitrogens with zero attached hydrogens (tertiary/aromatic N) is 2. The fourth-order valence-electron chi connectivity index (χ4n) is 3.27. The number of hydrogen-bond acceptors (Lipinski definition) is 6. The summed E-state index contributed by atoms with van der Waals surface area (Å²) < 4.78 is 17.4. The maximum Gasteiger partial charge on any atom is 0.494 e. The minimum atomic E-state index is -0.415.